The number of hydrazone groups is 1. The number of anilines is 2. The first-order valence-electron chi connectivity index (χ1n) is 12.5. The van der Waals surface area contributed by atoms with Crippen LogP contribution in [0.25, 0.3) is 0 Å². The minimum absolute atomic E-state index is 0.00821. The fourth-order valence-electron chi connectivity index (χ4n) is 3.76. The lowest BCUT2D eigenvalue weighted by Crippen LogP contribution is -2.32. The maximum absolute atomic E-state index is 13.1. The van der Waals surface area contributed by atoms with E-state index in [0.29, 0.717) is 22.5 Å². The summed E-state index contributed by atoms with van der Waals surface area (Å²) in [6, 6.07) is 29.6. The van der Waals surface area contributed by atoms with E-state index in [9.17, 15) is 22.8 Å². The summed E-state index contributed by atoms with van der Waals surface area (Å²) in [4.78, 5) is 37.0. The second kappa shape index (κ2) is 13.3. The van der Waals surface area contributed by atoms with E-state index in [2.05, 4.69) is 25.9 Å². The van der Waals surface area contributed by atoms with Crippen LogP contribution in [0.1, 0.15) is 33.2 Å². The molecule has 10 nitrogen and oxygen atoms in total. The van der Waals surface area contributed by atoms with Gasteiger partial charge in [-0.15, -0.1) is 0 Å². The number of hydrogen-bond donors (Lipinski definition) is 4. The fourth-order valence-corrected chi connectivity index (χ4v) is 4.74. The van der Waals surface area contributed by atoms with Crippen molar-refractivity contribution in [3.63, 3.8) is 0 Å². The Labute approximate surface area is 237 Å². The number of carbonyl (C=O) groups is 3. The van der Waals surface area contributed by atoms with Gasteiger partial charge < -0.3 is 10.6 Å². The number of sulfonamides is 1. The van der Waals surface area contributed by atoms with Gasteiger partial charge in [-0.05, 0) is 54.1 Å². The van der Waals surface area contributed by atoms with Gasteiger partial charge in [0.05, 0.1) is 28.4 Å². The van der Waals surface area contributed by atoms with Crippen LogP contribution in [0, 0.1) is 0 Å². The van der Waals surface area contributed by atoms with E-state index in [4.69, 9.17) is 0 Å². The van der Waals surface area contributed by atoms with Gasteiger partial charge in [-0.25, -0.2) is 18.6 Å². The summed E-state index contributed by atoms with van der Waals surface area (Å²) in [6.07, 6.45) is 0. The third-order valence-electron chi connectivity index (χ3n) is 5.77. The Bertz CT molecular complexity index is 1670. The van der Waals surface area contributed by atoms with Gasteiger partial charge in [0.2, 0.25) is 15.9 Å². The standard InChI is InChI=1S/C30H27N5O5S/c1-21(36)32-24-16-18-25(19-17-24)41(39,40)31-20-28(22-10-4-2-5-11-22)34-35-30(38)26-14-8-9-15-27(26)33-29(37)23-12-6-3-7-13-23/h2-19,31H,20H2,1H3,(H,32,36)(H,33,37)(H,35,38)/b34-28-. The predicted octanol–water partition coefficient (Wildman–Crippen LogP) is 4.01. The Kier molecular flexibility index (Phi) is 9.35. The van der Waals surface area contributed by atoms with Crippen molar-refractivity contribution in [2.75, 3.05) is 17.2 Å². The molecule has 0 spiro atoms. The number of benzene rings is 4. The van der Waals surface area contributed by atoms with Crippen LogP contribution in [-0.2, 0) is 14.8 Å². The predicted molar refractivity (Wildman–Crippen MR) is 157 cm³/mol. The van der Waals surface area contributed by atoms with Gasteiger partial charge in [-0.1, -0.05) is 60.7 Å². The molecule has 41 heavy (non-hydrogen) atoms. The van der Waals surface area contributed by atoms with Gasteiger partial charge >= 0.3 is 0 Å². The van der Waals surface area contributed by atoms with Crippen LogP contribution in [0.4, 0.5) is 11.4 Å². The van der Waals surface area contributed by atoms with Crippen LogP contribution < -0.4 is 20.8 Å². The summed E-state index contributed by atoms with van der Waals surface area (Å²) < 4.78 is 28.4. The van der Waals surface area contributed by atoms with Gasteiger partial charge in [0.1, 0.15) is 0 Å². The highest BCUT2D eigenvalue weighted by Gasteiger charge is 2.17. The summed E-state index contributed by atoms with van der Waals surface area (Å²) >= 11 is 0. The highest BCUT2D eigenvalue weighted by molar-refractivity contribution is 7.89. The summed E-state index contributed by atoms with van der Waals surface area (Å²) in [5.41, 5.74) is 4.68. The molecule has 4 N–H and O–H groups in total. The van der Waals surface area contributed by atoms with Crippen LogP contribution >= 0.6 is 0 Å². The second-order valence-electron chi connectivity index (χ2n) is 8.76. The van der Waals surface area contributed by atoms with E-state index in [1.165, 1.54) is 31.2 Å². The minimum Gasteiger partial charge on any atom is -0.326 e. The number of nitrogens with zero attached hydrogens (tertiary/aromatic N) is 1. The van der Waals surface area contributed by atoms with Crippen molar-refractivity contribution in [1.29, 1.82) is 0 Å². The van der Waals surface area contributed by atoms with Crippen molar-refractivity contribution in [3.05, 3.63) is 126 Å². The molecular weight excluding hydrogens is 542 g/mol. The molecule has 0 saturated carbocycles. The van der Waals surface area contributed by atoms with E-state index < -0.39 is 15.9 Å². The lowest BCUT2D eigenvalue weighted by molar-refractivity contribution is -0.114. The monoisotopic (exact) mass is 569 g/mol. The number of para-hydroxylation sites is 1. The summed E-state index contributed by atoms with van der Waals surface area (Å²) in [7, 11) is -3.95. The van der Waals surface area contributed by atoms with Crippen LogP contribution in [0.15, 0.2) is 119 Å². The molecule has 0 aliphatic carbocycles. The fraction of sp³-hybridized carbons (Fsp3) is 0.0667. The van der Waals surface area contributed by atoms with Crippen LogP contribution in [0.3, 0.4) is 0 Å². The van der Waals surface area contributed by atoms with Crippen LogP contribution in [0.5, 0.6) is 0 Å². The molecule has 0 atom stereocenters. The van der Waals surface area contributed by atoms with Crippen molar-refractivity contribution in [3.8, 4) is 0 Å². The zero-order chi connectivity index (χ0) is 29.2. The molecule has 3 amide bonds. The zero-order valence-corrected chi connectivity index (χ0v) is 22.8. The Hall–Kier alpha value is -5.13. The molecular formula is C30H27N5O5S. The van der Waals surface area contributed by atoms with Gasteiger partial charge in [0.15, 0.2) is 0 Å². The maximum Gasteiger partial charge on any atom is 0.273 e. The maximum atomic E-state index is 13.1. The first-order chi connectivity index (χ1) is 19.7. The Morgan fingerprint density at radius 2 is 1.27 bits per heavy atom. The normalized spacial score (nSPS) is 11.4. The minimum atomic E-state index is -3.95. The van der Waals surface area contributed by atoms with Gasteiger partial charge in [0.25, 0.3) is 11.8 Å². The Balaban J connectivity index is 1.51. The molecule has 0 heterocycles. The molecule has 11 heteroatoms. The number of rotatable bonds is 10. The number of amides is 3. The van der Waals surface area contributed by atoms with E-state index in [-0.39, 0.29) is 34.5 Å². The average molecular weight is 570 g/mol. The highest BCUT2D eigenvalue weighted by Crippen LogP contribution is 2.17. The van der Waals surface area contributed by atoms with E-state index in [1.54, 1.807) is 84.9 Å². The molecule has 4 aromatic carbocycles. The van der Waals surface area contributed by atoms with Crippen LogP contribution in [0.2, 0.25) is 0 Å². The van der Waals surface area contributed by atoms with Crippen LogP contribution in [-0.4, -0.2) is 38.4 Å². The quantitative estimate of drug-likeness (QED) is 0.168. The van der Waals surface area contributed by atoms with Crippen molar-refractivity contribution in [1.82, 2.24) is 10.1 Å². The molecule has 0 aliphatic rings. The Morgan fingerprint density at radius 3 is 1.90 bits per heavy atom. The first kappa shape index (κ1) is 28.9. The second-order valence-corrected chi connectivity index (χ2v) is 10.5. The molecule has 0 unspecified atom stereocenters. The smallest absolute Gasteiger partial charge is 0.273 e. The molecule has 0 radical (unpaired) electrons. The van der Waals surface area contributed by atoms with Crippen molar-refractivity contribution in [2.24, 2.45) is 5.10 Å². The van der Waals surface area contributed by atoms with Gasteiger partial charge in [0, 0.05) is 18.2 Å². The third-order valence-corrected chi connectivity index (χ3v) is 7.19. The average Bonchev–Trinajstić information content (AvgIpc) is 2.98. The lowest BCUT2D eigenvalue weighted by Gasteiger charge is -2.12. The summed E-state index contributed by atoms with van der Waals surface area (Å²) in [5, 5.41) is 9.55. The van der Waals surface area contributed by atoms with Gasteiger partial charge in [-0.2, -0.15) is 5.10 Å². The zero-order valence-electron chi connectivity index (χ0n) is 22.0. The summed E-state index contributed by atoms with van der Waals surface area (Å²) in [5.74, 6) is -1.25. The van der Waals surface area contributed by atoms with Crippen molar-refractivity contribution < 1.29 is 22.8 Å². The summed E-state index contributed by atoms with van der Waals surface area (Å²) in [6.45, 7) is 1.13. The molecule has 0 aliphatic heterocycles. The molecule has 0 fully saturated rings. The molecule has 0 saturated heterocycles. The number of carbonyl (C=O) groups excluding carboxylic acids is 3. The Morgan fingerprint density at radius 1 is 0.683 bits per heavy atom. The molecule has 208 valence electrons. The topological polar surface area (TPSA) is 146 Å². The molecule has 0 aromatic heterocycles. The molecule has 4 rings (SSSR count). The van der Waals surface area contributed by atoms with Gasteiger partial charge in [-0.3, -0.25) is 14.4 Å². The van der Waals surface area contributed by atoms with Crippen molar-refractivity contribution in [2.45, 2.75) is 11.8 Å². The lowest BCUT2D eigenvalue weighted by atomic mass is 10.1. The van der Waals surface area contributed by atoms with Crippen molar-refractivity contribution >= 4 is 44.8 Å². The van der Waals surface area contributed by atoms with E-state index in [1.807, 2.05) is 0 Å². The first-order valence-corrected chi connectivity index (χ1v) is 14.0. The van der Waals surface area contributed by atoms with E-state index >= 15 is 0 Å². The molecule has 0 bridgehead atoms. The molecule has 4 aromatic rings. The largest absolute Gasteiger partial charge is 0.326 e. The third kappa shape index (κ3) is 7.94. The highest BCUT2D eigenvalue weighted by atomic mass is 32.2. The SMILES string of the molecule is CC(=O)Nc1ccc(S(=O)(=O)NC/C(=N/NC(=O)c2ccccc2NC(=O)c2ccccc2)c2ccccc2)cc1. The number of nitrogens with one attached hydrogen (secondary N) is 4. The number of hydrogen-bond acceptors (Lipinski definition) is 6. The van der Waals surface area contributed by atoms with E-state index in [0.717, 1.165) is 0 Å².